The molecule has 0 bridgehead atoms. The van der Waals surface area contributed by atoms with Gasteiger partial charge in [0.1, 0.15) is 0 Å². The lowest BCUT2D eigenvalue weighted by atomic mass is 10.2. The highest BCUT2D eigenvalue weighted by Crippen LogP contribution is 2.16. The third kappa shape index (κ3) is 7.46. The molecule has 0 radical (unpaired) electrons. The molecule has 0 unspecified atom stereocenters. The third-order valence-corrected chi connectivity index (χ3v) is 4.32. The number of nitrogens with zero attached hydrogens (tertiary/aromatic N) is 2. The summed E-state index contributed by atoms with van der Waals surface area (Å²) >= 11 is 0. The molecule has 150 valence electrons. The van der Waals surface area contributed by atoms with Crippen molar-refractivity contribution in [3.05, 3.63) is 24.3 Å². The van der Waals surface area contributed by atoms with Crippen LogP contribution < -0.4 is 10.6 Å². The highest BCUT2D eigenvalue weighted by Gasteiger charge is 2.18. The van der Waals surface area contributed by atoms with Crippen molar-refractivity contribution in [3.63, 3.8) is 0 Å². The SMILES string of the molecule is CCCN1CCCN(C(=O)Nc2cccc(NC(=O)OCC(C)C)c2)CC1. The Balaban J connectivity index is 1.87. The smallest absolute Gasteiger partial charge is 0.411 e. The van der Waals surface area contributed by atoms with Gasteiger partial charge in [-0.1, -0.05) is 26.8 Å². The van der Waals surface area contributed by atoms with Crippen LogP contribution in [-0.4, -0.2) is 61.3 Å². The summed E-state index contributed by atoms with van der Waals surface area (Å²) in [6.45, 7) is 11.0. The molecule has 0 atom stereocenters. The van der Waals surface area contributed by atoms with E-state index >= 15 is 0 Å². The van der Waals surface area contributed by atoms with E-state index in [2.05, 4.69) is 22.5 Å². The van der Waals surface area contributed by atoms with E-state index in [4.69, 9.17) is 4.74 Å². The summed E-state index contributed by atoms with van der Waals surface area (Å²) in [5, 5.41) is 5.61. The largest absolute Gasteiger partial charge is 0.449 e. The summed E-state index contributed by atoms with van der Waals surface area (Å²) in [6, 6.07) is 6.99. The van der Waals surface area contributed by atoms with E-state index < -0.39 is 6.09 Å². The van der Waals surface area contributed by atoms with Crippen molar-refractivity contribution in [2.75, 3.05) is 50.0 Å². The molecule has 1 aromatic carbocycles. The van der Waals surface area contributed by atoms with E-state index in [-0.39, 0.29) is 11.9 Å². The highest BCUT2D eigenvalue weighted by atomic mass is 16.5. The first-order valence-electron chi connectivity index (χ1n) is 9.80. The highest BCUT2D eigenvalue weighted by molar-refractivity contribution is 5.91. The summed E-state index contributed by atoms with van der Waals surface area (Å²) in [7, 11) is 0. The zero-order valence-electron chi connectivity index (χ0n) is 16.7. The molecule has 2 rings (SSSR count). The number of carbonyl (C=O) groups is 2. The number of hydrogen-bond donors (Lipinski definition) is 2. The van der Waals surface area contributed by atoms with Gasteiger partial charge in [0.05, 0.1) is 6.61 Å². The van der Waals surface area contributed by atoms with Crippen LogP contribution in [0.15, 0.2) is 24.3 Å². The van der Waals surface area contributed by atoms with Gasteiger partial charge in [-0.15, -0.1) is 0 Å². The second kappa shape index (κ2) is 10.8. The zero-order valence-corrected chi connectivity index (χ0v) is 16.7. The first kappa shape index (κ1) is 21.0. The van der Waals surface area contributed by atoms with Crippen LogP contribution >= 0.6 is 0 Å². The lowest BCUT2D eigenvalue weighted by Gasteiger charge is -2.22. The van der Waals surface area contributed by atoms with E-state index in [1.807, 2.05) is 24.8 Å². The fourth-order valence-corrected chi connectivity index (χ4v) is 2.99. The van der Waals surface area contributed by atoms with Gasteiger partial charge in [0.15, 0.2) is 0 Å². The van der Waals surface area contributed by atoms with Gasteiger partial charge in [0.25, 0.3) is 0 Å². The van der Waals surface area contributed by atoms with Crippen LogP contribution in [-0.2, 0) is 4.74 Å². The van der Waals surface area contributed by atoms with Crippen LogP contribution in [0.1, 0.15) is 33.6 Å². The number of rotatable bonds is 6. The van der Waals surface area contributed by atoms with Crippen LogP contribution in [0.2, 0.25) is 0 Å². The van der Waals surface area contributed by atoms with Gasteiger partial charge in [-0.3, -0.25) is 5.32 Å². The number of urea groups is 1. The lowest BCUT2D eigenvalue weighted by molar-refractivity contribution is 0.147. The monoisotopic (exact) mass is 376 g/mol. The maximum atomic E-state index is 12.6. The molecule has 1 aliphatic rings. The predicted molar refractivity (Wildman–Crippen MR) is 108 cm³/mol. The van der Waals surface area contributed by atoms with Gasteiger partial charge in [-0.05, 0) is 50.0 Å². The number of amides is 3. The zero-order chi connectivity index (χ0) is 19.6. The van der Waals surface area contributed by atoms with E-state index in [0.717, 1.165) is 45.6 Å². The van der Waals surface area contributed by atoms with Gasteiger partial charge >= 0.3 is 12.1 Å². The molecule has 2 N–H and O–H groups in total. The normalized spacial score (nSPS) is 15.3. The summed E-state index contributed by atoms with van der Waals surface area (Å²) < 4.78 is 5.12. The summed E-state index contributed by atoms with van der Waals surface area (Å²) in [6.07, 6.45) is 1.62. The molecule has 7 nitrogen and oxygen atoms in total. The molecule has 0 spiro atoms. The van der Waals surface area contributed by atoms with E-state index in [0.29, 0.717) is 18.0 Å². The van der Waals surface area contributed by atoms with Crippen molar-refractivity contribution in [3.8, 4) is 0 Å². The molecule has 1 saturated heterocycles. The van der Waals surface area contributed by atoms with Gasteiger partial charge < -0.3 is 19.9 Å². The van der Waals surface area contributed by atoms with Gasteiger partial charge in [0, 0.05) is 31.0 Å². The number of anilines is 2. The van der Waals surface area contributed by atoms with Gasteiger partial charge in [-0.2, -0.15) is 0 Å². The molecule has 0 aromatic heterocycles. The number of hydrogen-bond acceptors (Lipinski definition) is 4. The average molecular weight is 377 g/mol. The van der Waals surface area contributed by atoms with Crippen molar-refractivity contribution in [2.45, 2.75) is 33.6 Å². The van der Waals surface area contributed by atoms with Crippen molar-refractivity contribution in [1.29, 1.82) is 0 Å². The molecule has 3 amide bonds. The van der Waals surface area contributed by atoms with Crippen molar-refractivity contribution < 1.29 is 14.3 Å². The van der Waals surface area contributed by atoms with Gasteiger partial charge in [0.2, 0.25) is 0 Å². The van der Waals surface area contributed by atoms with Crippen LogP contribution in [0.25, 0.3) is 0 Å². The quantitative estimate of drug-likeness (QED) is 0.791. The predicted octanol–water partition coefficient (Wildman–Crippen LogP) is 3.84. The third-order valence-electron chi connectivity index (χ3n) is 4.32. The van der Waals surface area contributed by atoms with Crippen molar-refractivity contribution in [2.24, 2.45) is 5.92 Å². The Morgan fingerprint density at radius 2 is 1.85 bits per heavy atom. The maximum absolute atomic E-state index is 12.6. The second-order valence-electron chi connectivity index (χ2n) is 7.31. The van der Waals surface area contributed by atoms with Crippen molar-refractivity contribution >= 4 is 23.5 Å². The topological polar surface area (TPSA) is 73.9 Å². The van der Waals surface area contributed by atoms with Gasteiger partial charge in [-0.25, -0.2) is 9.59 Å². The van der Waals surface area contributed by atoms with E-state index in [1.54, 1.807) is 18.2 Å². The first-order chi connectivity index (χ1) is 13.0. The summed E-state index contributed by atoms with van der Waals surface area (Å²) in [5.41, 5.74) is 1.24. The number of ether oxygens (including phenoxy) is 1. The Kier molecular flexibility index (Phi) is 8.39. The molecule has 1 heterocycles. The molecule has 0 aliphatic carbocycles. The Hall–Kier alpha value is -2.28. The minimum atomic E-state index is -0.490. The molecule has 27 heavy (non-hydrogen) atoms. The van der Waals surface area contributed by atoms with E-state index in [1.165, 1.54) is 0 Å². The molecular weight excluding hydrogens is 344 g/mol. The lowest BCUT2D eigenvalue weighted by Crippen LogP contribution is -2.38. The maximum Gasteiger partial charge on any atom is 0.411 e. The molecule has 1 aliphatic heterocycles. The Morgan fingerprint density at radius 3 is 2.56 bits per heavy atom. The van der Waals surface area contributed by atoms with Crippen LogP contribution in [0.3, 0.4) is 0 Å². The molecule has 1 aromatic rings. The minimum absolute atomic E-state index is 0.104. The number of nitrogens with one attached hydrogen (secondary N) is 2. The number of carbonyl (C=O) groups excluding carboxylic acids is 2. The average Bonchev–Trinajstić information content (AvgIpc) is 2.86. The van der Waals surface area contributed by atoms with E-state index in [9.17, 15) is 9.59 Å². The second-order valence-corrected chi connectivity index (χ2v) is 7.31. The van der Waals surface area contributed by atoms with Crippen molar-refractivity contribution in [1.82, 2.24) is 9.80 Å². The Morgan fingerprint density at radius 1 is 1.11 bits per heavy atom. The summed E-state index contributed by atoms with van der Waals surface area (Å²) in [4.78, 5) is 28.6. The Bertz CT molecular complexity index is 621. The summed E-state index contributed by atoms with van der Waals surface area (Å²) in [5.74, 6) is 0.281. The minimum Gasteiger partial charge on any atom is -0.449 e. The van der Waals surface area contributed by atoms with Crippen LogP contribution in [0.4, 0.5) is 21.0 Å². The molecule has 0 saturated carbocycles. The number of benzene rings is 1. The van der Waals surface area contributed by atoms with Crippen LogP contribution in [0.5, 0.6) is 0 Å². The van der Waals surface area contributed by atoms with Crippen LogP contribution in [0, 0.1) is 5.92 Å². The molecule has 7 heteroatoms. The standard InChI is InChI=1S/C20H32N4O3/c1-4-9-23-10-6-11-24(13-12-23)19(25)21-17-7-5-8-18(14-17)22-20(26)27-15-16(2)3/h5,7-8,14,16H,4,6,9-13,15H2,1-3H3,(H,21,25)(H,22,26). The Labute approximate surface area is 162 Å². The molecule has 1 fully saturated rings. The fraction of sp³-hybridized carbons (Fsp3) is 0.600. The fourth-order valence-electron chi connectivity index (χ4n) is 2.99. The molecular formula is C20H32N4O3. The first-order valence-corrected chi connectivity index (χ1v) is 9.80.